The summed E-state index contributed by atoms with van der Waals surface area (Å²) < 4.78 is 5.17. The van der Waals surface area contributed by atoms with Gasteiger partial charge in [-0.05, 0) is 44.5 Å². The number of rotatable bonds is 1. The molecule has 0 aliphatic rings. The van der Waals surface area contributed by atoms with E-state index in [-0.39, 0.29) is 0 Å². The highest BCUT2D eigenvalue weighted by Crippen LogP contribution is 2.17. The number of ether oxygens (including phenoxy) is 1. The van der Waals surface area contributed by atoms with E-state index in [1.807, 2.05) is 39.0 Å². The maximum atomic E-state index is 5.78. The molecule has 2 heteroatoms. The van der Waals surface area contributed by atoms with Gasteiger partial charge >= 0.3 is 0 Å². The van der Waals surface area contributed by atoms with Crippen molar-refractivity contribution >= 4 is 0 Å². The van der Waals surface area contributed by atoms with Crippen LogP contribution < -0.4 is 10.5 Å². The first kappa shape index (κ1) is 11.6. The summed E-state index contributed by atoms with van der Waals surface area (Å²) >= 11 is 0. The molecule has 0 radical (unpaired) electrons. The molecule has 80 valence electrons. The Bertz CT molecular complexity index is 405. The SMILES string of the molecule is COc1ccc(C#CC(C)(C)N)cc1C. The molecule has 0 heterocycles. The zero-order valence-corrected chi connectivity index (χ0v) is 9.72. The Morgan fingerprint density at radius 3 is 2.47 bits per heavy atom. The molecular formula is C13H17NO. The van der Waals surface area contributed by atoms with Crippen molar-refractivity contribution in [1.29, 1.82) is 0 Å². The summed E-state index contributed by atoms with van der Waals surface area (Å²) in [5.41, 5.74) is 7.38. The minimum absolute atomic E-state index is 0.451. The lowest BCUT2D eigenvalue weighted by Crippen LogP contribution is -2.29. The molecule has 0 aliphatic carbocycles. The van der Waals surface area contributed by atoms with Gasteiger partial charge in [0.15, 0.2) is 0 Å². The van der Waals surface area contributed by atoms with E-state index in [2.05, 4.69) is 11.8 Å². The van der Waals surface area contributed by atoms with Crippen LogP contribution in [0.4, 0.5) is 0 Å². The van der Waals surface area contributed by atoms with E-state index >= 15 is 0 Å². The monoisotopic (exact) mass is 203 g/mol. The molecule has 0 saturated carbocycles. The summed E-state index contributed by atoms with van der Waals surface area (Å²) in [6, 6.07) is 5.85. The van der Waals surface area contributed by atoms with Gasteiger partial charge in [-0.3, -0.25) is 0 Å². The van der Waals surface area contributed by atoms with Gasteiger partial charge in [0.05, 0.1) is 12.6 Å². The fourth-order valence-electron chi connectivity index (χ4n) is 1.19. The smallest absolute Gasteiger partial charge is 0.121 e. The molecule has 1 aromatic carbocycles. The minimum Gasteiger partial charge on any atom is -0.496 e. The Balaban J connectivity index is 2.97. The summed E-state index contributed by atoms with van der Waals surface area (Å²) in [5.74, 6) is 6.92. The van der Waals surface area contributed by atoms with Gasteiger partial charge in [-0.25, -0.2) is 0 Å². The molecule has 0 amide bonds. The molecule has 1 aromatic rings. The number of hydrogen-bond donors (Lipinski definition) is 1. The van der Waals surface area contributed by atoms with E-state index in [0.29, 0.717) is 0 Å². The molecule has 0 unspecified atom stereocenters. The Morgan fingerprint density at radius 2 is 2.00 bits per heavy atom. The second kappa shape index (κ2) is 4.37. The third-order valence-corrected chi connectivity index (χ3v) is 1.92. The van der Waals surface area contributed by atoms with Crippen LogP contribution in [0, 0.1) is 18.8 Å². The predicted molar refractivity (Wildman–Crippen MR) is 62.9 cm³/mol. The Hall–Kier alpha value is -1.46. The molecular weight excluding hydrogens is 186 g/mol. The quantitative estimate of drug-likeness (QED) is 0.709. The lowest BCUT2D eigenvalue weighted by Gasteiger charge is -2.08. The largest absolute Gasteiger partial charge is 0.496 e. The van der Waals surface area contributed by atoms with Crippen LogP contribution in [0.5, 0.6) is 5.75 Å². The Morgan fingerprint density at radius 1 is 1.33 bits per heavy atom. The highest BCUT2D eigenvalue weighted by atomic mass is 16.5. The van der Waals surface area contributed by atoms with Crippen molar-refractivity contribution in [2.45, 2.75) is 26.3 Å². The highest BCUT2D eigenvalue weighted by molar-refractivity contribution is 5.44. The standard InChI is InChI=1S/C13H17NO/c1-10-9-11(5-6-12(10)15-4)7-8-13(2,3)14/h5-6,9H,14H2,1-4H3. The summed E-state index contributed by atoms with van der Waals surface area (Å²) in [5, 5.41) is 0. The summed E-state index contributed by atoms with van der Waals surface area (Å²) in [4.78, 5) is 0. The third kappa shape index (κ3) is 3.65. The average Bonchev–Trinajstić information content (AvgIpc) is 2.14. The molecule has 0 bridgehead atoms. The van der Waals surface area contributed by atoms with Crippen LogP contribution in [0.15, 0.2) is 18.2 Å². The molecule has 2 nitrogen and oxygen atoms in total. The predicted octanol–water partition coefficient (Wildman–Crippen LogP) is 2.09. The van der Waals surface area contributed by atoms with Crippen LogP contribution in [0.2, 0.25) is 0 Å². The van der Waals surface area contributed by atoms with Gasteiger partial charge in [0.2, 0.25) is 0 Å². The number of nitrogens with two attached hydrogens (primary N) is 1. The van der Waals surface area contributed by atoms with Gasteiger partial charge < -0.3 is 10.5 Å². The molecule has 0 spiro atoms. The molecule has 0 aliphatic heterocycles. The van der Waals surface area contributed by atoms with Crippen LogP contribution in [0.25, 0.3) is 0 Å². The second-order valence-corrected chi connectivity index (χ2v) is 4.16. The Kier molecular flexibility index (Phi) is 3.39. The summed E-state index contributed by atoms with van der Waals surface area (Å²) in [6.07, 6.45) is 0. The maximum Gasteiger partial charge on any atom is 0.121 e. The van der Waals surface area contributed by atoms with Gasteiger partial charge in [-0.2, -0.15) is 0 Å². The molecule has 0 aromatic heterocycles. The topological polar surface area (TPSA) is 35.2 Å². The average molecular weight is 203 g/mol. The number of hydrogen-bond acceptors (Lipinski definition) is 2. The maximum absolute atomic E-state index is 5.78. The fourth-order valence-corrected chi connectivity index (χ4v) is 1.19. The van der Waals surface area contributed by atoms with Crippen molar-refractivity contribution in [2.24, 2.45) is 5.73 Å². The van der Waals surface area contributed by atoms with Crippen molar-refractivity contribution < 1.29 is 4.74 Å². The molecule has 0 atom stereocenters. The van der Waals surface area contributed by atoms with E-state index < -0.39 is 5.54 Å². The summed E-state index contributed by atoms with van der Waals surface area (Å²) in [6.45, 7) is 5.77. The van der Waals surface area contributed by atoms with Crippen LogP contribution in [-0.4, -0.2) is 12.6 Å². The van der Waals surface area contributed by atoms with Crippen molar-refractivity contribution in [3.8, 4) is 17.6 Å². The van der Waals surface area contributed by atoms with Crippen LogP contribution in [-0.2, 0) is 0 Å². The summed E-state index contributed by atoms with van der Waals surface area (Å²) in [7, 11) is 1.66. The lowest BCUT2D eigenvalue weighted by atomic mass is 10.1. The fraction of sp³-hybridized carbons (Fsp3) is 0.385. The first-order valence-corrected chi connectivity index (χ1v) is 4.89. The third-order valence-electron chi connectivity index (χ3n) is 1.92. The van der Waals surface area contributed by atoms with Crippen LogP contribution in [0.3, 0.4) is 0 Å². The zero-order valence-electron chi connectivity index (χ0n) is 9.72. The van der Waals surface area contributed by atoms with E-state index in [9.17, 15) is 0 Å². The van der Waals surface area contributed by atoms with Gasteiger partial charge in [-0.1, -0.05) is 11.8 Å². The number of benzene rings is 1. The van der Waals surface area contributed by atoms with Crippen molar-refractivity contribution in [2.75, 3.05) is 7.11 Å². The van der Waals surface area contributed by atoms with E-state index in [0.717, 1.165) is 16.9 Å². The van der Waals surface area contributed by atoms with E-state index in [1.54, 1.807) is 7.11 Å². The molecule has 15 heavy (non-hydrogen) atoms. The molecule has 0 saturated heterocycles. The first-order chi connectivity index (χ1) is 6.92. The molecule has 1 rings (SSSR count). The normalized spacial score (nSPS) is 10.5. The van der Waals surface area contributed by atoms with E-state index in [4.69, 9.17) is 10.5 Å². The van der Waals surface area contributed by atoms with Gasteiger partial charge in [0.25, 0.3) is 0 Å². The zero-order chi connectivity index (χ0) is 11.5. The molecule has 0 fully saturated rings. The van der Waals surface area contributed by atoms with Crippen molar-refractivity contribution in [3.05, 3.63) is 29.3 Å². The van der Waals surface area contributed by atoms with Crippen LogP contribution >= 0.6 is 0 Å². The van der Waals surface area contributed by atoms with Crippen molar-refractivity contribution in [3.63, 3.8) is 0 Å². The second-order valence-electron chi connectivity index (χ2n) is 4.16. The number of aryl methyl sites for hydroxylation is 1. The number of methoxy groups -OCH3 is 1. The van der Waals surface area contributed by atoms with Crippen molar-refractivity contribution in [1.82, 2.24) is 0 Å². The van der Waals surface area contributed by atoms with Crippen LogP contribution in [0.1, 0.15) is 25.0 Å². The highest BCUT2D eigenvalue weighted by Gasteiger charge is 2.04. The van der Waals surface area contributed by atoms with Gasteiger partial charge in [-0.15, -0.1) is 0 Å². The molecule has 2 N–H and O–H groups in total. The van der Waals surface area contributed by atoms with Gasteiger partial charge in [0.1, 0.15) is 5.75 Å². The minimum atomic E-state index is -0.451. The van der Waals surface area contributed by atoms with E-state index in [1.165, 1.54) is 0 Å². The first-order valence-electron chi connectivity index (χ1n) is 4.89. The Labute approximate surface area is 91.4 Å². The van der Waals surface area contributed by atoms with Gasteiger partial charge in [0, 0.05) is 5.56 Å². The lowest BCUT2D eigenvalue weighted by molar-refractivity contribution is 0.411.